The summed E-state index contributed by atoms with van der Waals surface area (Å²) < 4.78 is 18.0. The molecule has 0 saturated carbocycles. The van der Waals surface area contributed by atoms with Crippen LogP contribution in [0.5, 0.6) is 5.75 Å². The van der Waals surface area contributed by atoms with Crippen LogP contribution >= 0.6 is 11.3 Å². The maximum Gasteiger partial charge on any atom is 0.270 e. The van der Waals surface area contributed by atoms with Crippen LogP contribution in [0.3, 0.4) is 0 Å². The molecule has 1 amide bonds. The molecule has 0 aliphatic heterocycles. The van der Waals surface area contributed by atoms with E-state index in [1.807, 2.05) is 0 Å². The molecular weight excluding hydrogens is 309 g/mol. The van der Waals surface area contributed by atoms with E-state index in [0.29, 0.717) is 10.8 Å². The molecule has 0 radical (unpaired) electrons. The number of aliphatic hydroxyl groups excluding tert-OH is 1. The van der Waals surface area contributed by atoms with Crippen molar-refractivity contribution in [2.75, 3.05) is 13.2 Å². The first-order chi connectivity index (χ1) is 10.6. The number of aliphatic hydroxyl groups is 1. The lowest BCUT2D eigenvalue weighted by atomic mass is 10.3. The Morgan fingerprint density at radius 1 is 1.45 bits per heavy atom. The fourth-order valence-electron chi connectivity index (χ4n) is 1.59. The molecule has 1 unspecified atom stereocenters. The highest BCUT2D eigenvalue weighted by Gasteiger charge is 2.12. The van der Waals surface area contributed by atoms with E-state index in [1.165, 1.54) is 35.6 Å². The monoisotopic (exact) mass is 325 g/mol. The molecule has 0 aliphatic rings. The second-order valence-corrected chi connectivity index (χ2v) is 5.40. The predicted molar refractivity (Wildman–Crippen MR) is 80.2 cm³/mol. The number of nitrogens with two attached hydrogens (primary N) is 1. The number of benzene rings is 1. The molecule has 2 rings (SSSR count). The van der Waals surface area contributed by atoms with Gasteiger partial charge in [0.25, 0.3) is 5.91 Å². The van der Waals surface area contributed by atoms with Crippen molar-refractivity contribution in [3.8, 4) is 5.75 Å². The highest BCUT2D eigenvalue weighted by atomic mass is 32.1. The molecule has 22 heavy (non-hydrogen) atoms. The number of aromatic nitrogens is 1. The van der Waals surface area contributed by atoms with Gasteiger partial charge in [0.05, 0.1) is 0 Å². The standard InChI is InChI=1S/C14H16FN3O3S/c15-9-1-3-11(4-2-9)21-7-10(19)6-17-14(20)12-8-22-13(5-16)18-12/h1-4,8,10,19H,5-7,16H2,(H,17,20). The molecule has 2 aromatic rings. The number of amides is 1. The third-order valence-electron chi connectivity index (χ3n) is 2.71. The summed E-state index contributed by atoms with van der Waals surface area (Å²) in [6.45, 7) is 0.290. The summed E-state index contributed by atoms with van der Waals surface area (Å²) in [5, 5.41) is 14.6. The topological polar surface area (TPSA) is 97.5 Å². The summed E-state index contributed by atoms with van der Waals surface area (Å²) in [7, 11) is 0. The van der Waals surface area contributed by atoms with Gasteiger partial charge in [0, 0.05) is 18.5 Å². The Hall–Kier alpha value is -2.03. The molecule has 1 atom stereocenters. The van der Waals surface area contributed by atoms with Crippen molar-refractivity contribution in [2.45, 2.75) is 12.6 Å². The lowest BCUT2D eigenvalue weighted by Gasteiger charge is -2.12. The fraction of sp³-hybridized carbons (Fsp3) is 0.286. The SMILES string of the molecule is NCc1nc(C(=O)NCC(O)COc2ccc(F)cc2)cs1. The molecule has 118 valence electrons. The molecule has 0 aliphatic carbocycles. The van der Waals surface area contributed by atoms with Crippen molar-refractivity contribution < 1.29 is 19.0 Å². The summed E-state index contributed by atoms with van der Waals surface area (Å²) in [5.41, 5.74) is 5.70. The lowest BCUT2D eigenvalue weighted by molar-refractivity contribution is 0.0840. The largest absolute Gasteiger partial charge is 0.491 e. The summed E-state index contributed by atoms with van der Waals surface area (Å²) in [4.78, 5) is 15.8. The number of ether oxygens (including phenoxy) is 1. The quantitative estimate of drug-likeness (QED) is 0.703. The van der Waals surface area contributed by atoms with Crippen LogP contribution in [-0.2, 0) is 6.54 Å². The second-order valence-electron chi connectivity index (χ2n) is 4.46. The Balaban J connectivity index is 1.73. The van der Waals surface area contributed by atoms with Crippen molar-refractivity contribution >= 4 is 17.2 Å². The van der Waals surface area contributed by atoms with E-state index >= 15 is 0 Å². The highest BCUT2D eigenvalue weighted by molar-refractivity contribution is 7.09. The van der Waals surface area contributed by atoms with Crippen molar-refractivity contribution in [3.63, 3.8) is 0 Å². The molecule has 1 heterocycles. The lowest BCUT2D eigenvalue weighted by Crippen LogP contribution is -2.35. The van der Waals surface area contributed by atoms with Gasteiger partial charge in [-0.3, -0.25) is 4.79 Å². The first kappa shape index (κ1) is 16.3. The summed E-state index contributed by atoms with van der Waals surface area (Å²) in [5.74, 6) is -0.295. The number of rotatable bonds is 7. The van der Waals surface area contributed by atoms with Crippen LogP contribution in [-0.4, -0.2) is 35.3 Å². The van der Waals surface area contributed by atoms with Crippen molar-refractivity contribution in [1.82, 2.24) is 10.3 Å². The summed E-state index contributed by atoms with van der Waals surface area (Å²) >= 11 is 1.31. The van der Waals surface area contributed by atoms with Gasteiger partial charge in [-0.2, -0.15) is 0 Å². The summed E-state index contributed by atoms with van der Waals surface area (Å²) in [6.07, 6.45) is -0.887. The Labute approximate surface area is 130 Å². The third kappa shape index (κ3) is 4.76. The number of carbonyl (C=O) groups excluding carboxylic acids is 1. The molecule has 1 aromatic carbocycles. The Morgan fingerprint density at radius 2 is 2.18 bits per heavy atom. The Kier molecular flexibility index (Phi) is 5.82. The van der Waals surface area contributed by atoms with E-state index in [1.54, 1.807) is 5.38 Å². The van der Waals surface area contributed by atoms with Crippen LogP contribution in [0.2, 0.25) is 0 Å². The van der Waals surface area contributed by atoms with Gasteiger partial charge in [0.2, 0.25) is 0 Å². The van der Waals surface area contributed by atoms with Gasteiger partial charge in [-0.1, -0.05) is 0 Å². The Bertz CT molecular complexity index is 618. The maximum atomic E-state index is 12.7. The minimum absolute atomic E-state index is 0.0168. The molecule has 0 saturated heterocycles. The van der Waals surface area contributed by atoms with Crippen LogP contribution in [0, 0.1) is 5.82 Å². The van der Waals surface area contributed by atoms with Gasteiger partial charge < -0.3 is 20.9 Å². The fourth-order valence-corrected chi connectivity index (χ4v) is 2.25. The van der Waals surface area contributed by atoms with Crippen LogP contribution < -0.4 is 15.8 Å². The predicted octanol–water partition coefficient (Wildman–Crippen LogP) is 0.911. The van der Waals surface area contributed by atoms with E-state index < -0.39 is 6.10 Å². The number of carbonyl (C=O) groups is 1. The minimum atomic E-state index is -0.887. The molecule has 8 heteroatoms. The molecule has 0 fully saturated rings. The number of nitrogens with zero attached hydrogens (tertiary/aromatic N) is 1. The second kappa shape index (κ2) is 7.83. The van der Waals surface area contributed by atoms with Gasteiger partial charge in [-0.05, 0) is 24.3 Å². The number of thiazole rings is 1. The van der Waals surface area contributed by atoms with Gasteiger partial charge in [0.1, 0.15) is 35.0 Å². The van der Waals surface area contributed by atoms with E-state index in [9.17, 15) is 14.3 Å². The van der Waals surface area contributed by atoms with Gasteiger partial charge >= 0.3 is 0 Å². The van der Waals surface area contributed by atoms with Gasteiger partial charge in [0.15, 0.2) is 0 Å². The normalized spacial score (nSPS) is 12.0. The average Bonchev–Trinajstić information content (AvgIpc) is 3.01. The highest BCUT2D eigenvalue weighted by Crippen LogP contribution is 2.11. The van der Waals surface area contributed by atoms with Crippen molar-refractivity contribution in [3.05, 3.63) is 46.2 Å². The van der Waals surface area contributed by atoms with E-state index in [0.717, 1.165) is 0 Å². The zero-order valence-electron chi connectivity index (χ0n) is 11.7. The molecule has 0 bridgehead atoms. The number of halogens is 1. The molecule has 0 spiro atoms. The zero-order valence-corrected chi connectivity index (χ0v) is 12.5. The van der Waals surface area contributed by atoms with Crippen LogP contribution in [0.15, 0.2) is 29.6 Å². The molecular formula is C14H16FN3O3S. The molecule has 4 N–H and O–H groups in total. The van der Waals surface area contributed by atoms with Crippen LogP contribution in [0.25, 0.3) is 0 Å². The first-order valence-corrected chi connectivity index (χ1v) is 7.45. The minimum Gasteiger partial charge on any atom is -0.491 e. The number of hydrogen-bond donors (Lipinski definition) is 3. The van der Waals surface area contributed by atoms with Gasteiger partial charge in [-0.15, -0.1) is 11.3 Å². The molecule has 1 aromatic heterocycles. The van der Waals surface area contributed by atoms with Crippen molar-refractivity contribution in [1.29, 1.82) is 0 Å². The van der Waals surface area contributed by atoms with Gasteiger partial charge in [-0.25, -0.2) is 9.37 Å². The number of nitrogens with one attached hydrogen (secondary N) is 1. The van der Waals surface area contributed by atoms with Crippen molar-refractivity contribution in [2.24, 2.45) is 5.73 Å². The Morgan fingerprint density at radius 3 is 2.82 bits per heavy atom. The van der Waals surface area contributed by atoms with Crippen LogP contribution in [0.1, 0.15) is 15.5 Å². The first-order valence-electron chi connectivity index (χ1n) is 6.57. The zero-order chi connectivity index (χ0) is 15.9. The van der Waals surface area contributed by atoms with E-state index in [4.69, 9.17) is 10.5 Å². The average molecular weight is 325 g/mol. The van der Waals surface area contributed by atoms with E-state index in [-0.39, 0.29) is 37.1 Å². The summed E-state index contributed by atoms with van der Waals surface area (Å²) in [6, 6.07) is 5.45. The van der Waals surface area contributed by atoms with E-state index in [2.05, 4.69) is 10.3 Å². The number of hydrogen-bond acceptors (Lipinski definition) is 6. The molecule has 6 nitrogen and oxygen atoms in total. The third-order valence-corrected chi connectivity index (χ3v) is 3.58. The maximum absolute atomic E-state index is 12.7. The smallest absolute Gasteiger partial charge is 0.270 e. The van der Waals surface area contributed by atoms with Crippen LogP contribution in [0.4, 0.5) is 4.39 Å².